The van der Waals surface area contributed by atoms with Crippen LogP contribution in [0.15, 0.2) is 65.5 Å². The van der Waals surface area contributed by atoms with Crippen LogP contribution >= 0.6 is 15.9 Å². The van der Waals surface area contributed by atoms with Crippen molar-refractivity contribution in [3.05, 3.63) is 71.1 Å². The van der Waals surface area contributed by atoms with Crippen molar-refractivity contribution in [3.63, 3.8) is 0 Å². The molecule has 0 radical (unpaired) electrons. The van der Waals surface area contributed by atoms with E-state index >= 15 is 0 Å². The number of benzene rings is 1. The van der Waals surface area contributed by atoms with Crippen LogP contribution in [0.1, 0.15) is 5.56 Å². The fraction of sp³-hybridized carbons (Fsp3) is 0.0556. The van der Waals surface area contributed by atoms with Gasteiger partial charge in [0.25, 0.3) is 0 Å². The maximum absolute atomic E-state index is 4.78. The van der Waals surface area contributed by atoms with Crippen LogP contribution in [-0.2, 0) is 0 Å². The first-order valence-corrected chi connectivity index (χ1v) is 8.03. The van der Waals surface area contributed by atoms with Crippen molar-refractivity contribution in [2.75, 3.05) is 0 Å². The van der Waals surface area contributed by atoms with Crippen molar-refractivity contribution in [2.24, 2.45) is 0 Å². The molecule has 5 heteroatoms. The average molecular weight is 365 g/mol. The van der Waals surface area contributed by atoms with Gasteiger partial charge in [-0.2, -0.15) is 0 Å². The van der Waals surface area contributed by atoms with Crippen molar-refractivity contribution in [3.8, 4) is 17.2 Å². The second kappa shape index (κ2) is 5.59. The summed E-state index contributed by atoms with van der Waals surface area (Å²) in [6, 6.07) is 14.1. The van der Waals surface area contributed by atoms with Gasteiger partial charge in [0.15, 0.2) is 0 Å². The Labute approximate surface area is 142 Å². The summed E-state index contributed by atoms with van der Waals surface area (Å²) in [5.41, 5.74) is 4.01. The summed E-state index contributed by atoms with van der Waals surface area (Å²) in [7, 11) is 0. The molecule has 0 bridgehead atoms. The zero-order valence-electron chi connectivity index (χ0n) is 12.4. The van der Waals surface area contributed by atoms with Gasteiger partial charge in [0, 0.05) is 22.4 Å². The predicted octanol–water partition coefficient (Wildman–Crippen LogP) is 4.55. The lowest BCUT2D eigenvalue weighted by atomic mass is 10.2. The van der Waals surface area contributed by atoms with E-state index in [2.05, 4.69) is 32.0 Å². The van der Waals surface area contributed by atoms with E-state index in [1.54, 1.807) is 6.20 Å². The third kappa shape index (κ3) is 2.53. The first-order valence-electron chi connectivity index (χ1n) is 7.24. The normalized spacial score (nSPS) is 11.0. The van der Waals surface area contributed by atoms with Gasteiger partial charge in [-0.15, -0.1) is 0 Å². The molecule has 0 saturated carbocycles. The van der Waals surface area contributed by atoms with Crippen LogP contribution < -0.4 is 0 Å². The molecular formula is C18H13BrN4. The smallest absolute Gasteiger partial charge is 0.146 e. The quantitative estimate of drug-likeness (QED) is 0.523. The fourth-order valence-corrected chi connectivity index (χ4v) is 2.80. The third-order valence-electron chi connectivity index (χ3n) is 3.68. The van der Waals surface area contributed by atoms with Gasteiger partial charge >= 0.3 is 0 Å². The number of rotatable bonds is 2. The number of pyridine rings is 2. The van der Waals surface area contributed by atoms with E-state index in [1.807, 2.05) is 60.3 Å². The number of fused-ring (bicyclic) bond motifs is 1. The molecule has 23 heavy (non-hydrogen) atoms. The number of imidazole rings is 1. The summed E-state index contributed by atoms with van der Waals surface area (Å²) >= 11 is 3.47. The van der Waals surface area contributed by atoms with E-state index in [0.717, 1.165) is 38.3 Å². The number of hydrogen-bond donors (Lipinski definition) is 0. The Hall–Kier alpha value is -2.53. The summed E-state index contributed by atoms with van der Waals surface area (Å²) < 4.78 is 3.09. The Balaban J connectivity index is 2.01. The molecule has 112 valence electrons. The lowest BCUT2D eigenvalue weighted by Crippen LogP contribution is -2.00. The first-order chi connectivity index (χ1) is 11.2. The molecule has 0 N–H and O–H groups in total. The summed E-state index contributed by atoms with van der Waals surface area (Å²) in [4.78, 5) is 13.6. The van der Waals surface area contributed by atoms with Crippen molar-refractivity contribution < 1.29 is 0 Å². The van der Waals surface area contributed by atoms with Crippen LogP contribution in [0.2, 0.25) is 0 Å². The van der Waals surface area contributed by atoms with Crippen molar-refractivity contribution in [1.29, 1.82) is 0 Å². The first kappa shape index (κ1) is 14.1. The molecule has 0 unspecified atom stereocenters. The standard InChI is InChI=1S/C18H13BrN4/c1-12-2-7-17(21-10-12)23-16-11-20-9-8-15(16)22-18(23)13-3-5-14(19)6-4-13/h2-11H,1H3. The number of nitrogens with zero attached hydrogens (tertiary/aromatic N) is 4. The van der Waals surface area contributed by atoms with Gasteiger partial charge in [-0.05, 0) is 36.8 Å². The highest BCUT2D eigenvalue weighted by molar-refractivity contribution is 9.10. The van der Waals surface area contributed by atoms with E-state index in [0.29, 0.717) is 0 Å². The fourth-order valence-electron chi connectivity index (χ4n) is 2.54. The Morgan fingerprint density at radius 3 is 2.52 bits per heavy atom. The second-order valence-corrected chi connectivity index (χ2v) is 6.25. The van der Waals surface area contributed by atoms with E-state index in [1.165, 1.54) is 0 Å². The highest BCUT2D eigenvalue weighted by Gasteiger charge is 2.15. The van der Waals surface area contributed by atoms with E-state index < -0.39 is 0 Å². The molecule has 0 spiro atoms. The molecule has 3 heterocycles. The highest BCUT2D eigenvalue weighted by Crippen LogP contribution is 2.28. The predicted molar refractivity (Wildman–Crippen MR) is 94.5 cm³/mol. The number of halogens is 1. The highest BCUT2D eigenvalue weighted by atomic mass is 79.9. The minimum Gasteiger partial charge on any atom is -0.275 e. The van der Waals surface area contributed by atoms with Crippen LogP contribution in [0.3, 0.4) is 0 Å². The van der Waals surface area contributed by atoms with E-state index in [4.69, 9.17) is 4.98 Å². The number of aromatic nitrogens is 4. The van der Waals surface area contributed by atoms with E-state index in [9.17, 15) is 0 Å². The molecule has 0 saturated heterocycles. The minimum absolute atomic E-state index is 0.837. The van der Waals surface area contributed by atoms with Crippen LogP contribution in [0.4, 0.5) is 0 Å². The molecule has 4 rings (SSSR count). The molecule has 0 aliphatic heterocycles. The molecule has 0 aliphatic carbocycles. The van der Waals surface area contributed by atoms with E-state index in [-0.39, 0.29) is 0 Å². The zero-order chi connectivity index (χ0) is 15.8. The van der Waals surface area contributed by atoms with Crippen LogP contribution in [-0.4, -0.2) is 19.5 Å². The van der Waals surface area contributed by atoms with Gasteiger partial charge in [-0.25, -0.2) is 9.97 Å². The second-order valence-electron chi connectivity index (χ2n) is 5.34. The monoisotopic (exact) mass is 364 g/mol. The molecule has 4 nitrogen and oxygen atoms in total. The lowest BCUT2D eigenvalue weighted by molar-refractivity contribution is 1.02. The van der Waals surface area contributed by atoms with Gasteiger partial charge in [0.2, 0.25) is 0 Å². The Morgan fingerprint density at radius 1 is 0.957 bits per heavy atom. The van der Waals surface area contributed by atoms with Gasteiger partial charge in [-0.1, -0.05) is 34.1 Å². The van der Waals surface area contributed by atoms with Crippen molar-refractivity contribution >= 4 is 27.0 Å². The molecule has 4 aromatic rings. The molecule has 1 aromatic carbocycles. The molecule has 0 atom stereocenters. The van der Waals surface area contributed by atoms with Gasteiger partial charge in [-0.3, -0.25) is 9.55 Å². The number of aryl methyl sites for hydroxylation is 1. The average Bonchev–Trinajstić information content (AvgIpc) is 2.96. The summed E-state index contributed by atoms with van der Waals surface area (Å²) in [5.74, 6) is 1.70. The van der Waals surface area contributed by atoms with Gasteiger partial charge < -0.3 is 0 Å². The maximum atomic E-state index is 4.78. The third-order valence-corrected chi connectivity index (χ3v) is 4.21. The summed E-state index contributed by atoms with van der Waals surface area (Å²) in [5, 5.41) is 0. The summed E-state index contributed by atoms with van der Waals surface area (Å²) in [6.07, 6.45) is 5.45. The molecule has 0 amide bonds. The summed E-state index contributed by atoms with van der Waals surface area (Å²) in [6.45, 7) is 2.03. The van der Waals surface area contributed by atoms with Crippen molar-refractivity contribution in [1.82, 2.24) is 19.5 Å². The zero-order valence-corrected chi connectivity index (χ0v) is 14.0. The number of hydrogen-bond acceptors (Lipinski definition) is 3. The molecule has 3 aromatic heterocycles. The minimum atomic E-state index is 0.837. The Morgan fingerprint density at radius 2 is 1.78 bits per heavy atom. The molecular weight excluding hydrogens is 352 g/mol. The SMILES string of the molecule is Cc1ccc(-n2c(-c3ccc(Br)cc3)nc3ccncc32)nc1. The van der Waals surface area contributed by atoms with Crippen LogP contribution in [0.25, 0.3) is 28.2 Å². The topological polar surface area (TPSA) is 43.6 Å². The van der Waals surface area contributed by atoms with Crippen molar-refractivity contribution in [2.45, 2.75) is 6.92 Å². The largest absolute Gasteiger partial charge is 0.275 e. The van der Waals surface area contributed by atoms with Crippen LogP contribution in [0, 0.1) is 6.92 Å². The van der Waals surface area contributed by atoms with Crippen LogP contribution in [0.5, 0.6) is 0 Å². The lowest BCUT2D eigenvalue weighted by Gasteiger charge is -2.08. The molecule has 0 fully saturated rings. The Bertz CT molecular complexity index is 972. The molecule has 0 aliphatic rings. The van der Waals surface area contributed by atoms with Gasteiger partial charge in [0.05, 0.1) is 17.2 Å². The van der Waals surface area contributed by atoms with Gasteiger partial charge in [0.1, 0.15) is 11.6 Å². The maximum Gasteiger partial charge on any atom is 0.146 e. The Kier molecular flexibility index (Phi) is 3.42.